The number of hydrogen-bond acceptors (Lipinski definition) is 4. The normalized spacial score (nSPS) is 12.0. The van der Waals surface area contributed by atoms with Crippen molar-refractivity contribution < 1.29 is 14.7 Å². The molecule has 1 rings (SSSR count). The molecule has 20 heavy (non-hydrogen) atoms. The molecule has 0 bridgehead atoms. The van der Waals surface area contributed by atoms with Gasteiger partial charge < -0.3 is 16.2 Å². The molecule has 0 saturated heterocycles. The molecule has 1 amide bonds. The molecule has 1 aromatic rings. The molecule has 0 aliphatic rings. The summed E-state index contributed by atoms with van der Waals surface area (Å²) in [5.41, 5.74) is 5.64. The van der Waals surface area contributed by atoms with E-state index in [0.29, 0.717) is 14.9 Å². The summed E-state index contributed by atoms with van der Waals surface area (Å²) >= 11 is 18.9. The Morgan fingerprint density at radius 3 is 2.55 bits per heavy atom. The van der Waals surface area contributed by atoms with Crippen molar-refractivity contribution in [1.29, 1.82) is 0 Å². The molecular weight excluding hydrogens is 347 g/mol. The van der Waals surface area contributed by atoms with Crippen LogP contribution in [0.3, 0.4) is 0 Å². The van der Waals surface area contributed by atoms with E-state index in [2.05, 4.69) is 5.32 Å². The van der Waals surface area contributed by atoms with Gasteiger partial charge in [0.05, 0.1) is 21.1 Å². The van der Waals surface area contributed by atoms with Gasteiger partial charge in [-0.25, -0.2) is 0 Å². The third-order valence-electron chi connectivity index (χ3n) is 2.17. The Kier molecular flexibility index (Phi) is 6.91. The lowest BCUT2D eigenvalue weighted by Gasteiger charge is -2.12. The van der Waals surface area contributed by atoms with Crippen molar-refractivity contribution in [2.75, 3.05) is 12.3 Å². The SMILES string of the molecule is NC(CSc1ccc(Cl)c(Cl)c1Cl)C(=O)NCC(=O)O. The highest BCUT2D eigenvalue weighted by molar-refractivity contribution is 7.99. The molecule has 0 fully saturated rings. The fourth-order valence-electron chi connectivity index (χ4n) is 1.17. The maximum Gasteiger partial charge on any atom is 0.322 e. The molecule has 110 valence electrons. The van der Waals surface area contributed by atoms with Gasteiger partial charge >= 0.3 is 5.97 Å². The van der Waals surface area contributed by atoms with Gasteiger partial charge in [0, 0.05) is 10.6 Å². The Morgan fingerprint density at radius 2 is 1.95 bits per heavy atom. The first kappa shape index (κ1) is 17.4. The second kappa shape index (κ2) is 7.95. The standard InChI is InChI=1S/C11H11Cl3N2O3S/c12-5-1-2-7(10(14)9(5)13)20-4-6(15)11(19)16-3-8(17)18/h1-2,6H,3-4,15H2,(H,16,19)(H,17,18). The number of amides is 1. The molecule has 0 aromatic heterocycles. The van der Waals surface area contributed by atoms with E-state index < -0.39 is 24.5 Å². The van der Waals surface area contributed by atoms with Crippen molar-refractivity contribution in [3.05, 3.63) is 27.2 Å². The predicted molar refractivity (Wildman–Crippen MR) is 80.8 cm³/mol. The molecule has 5 nitrogen and oxygen atoms in total. The summed E-state index contributed by atoms with van der Waals surface area (Å²) < 4.78 is 0. The molecule has 9 heteroatoms. The summed E-state index contributed by atoms with van der Waals surface area (Å²) in [6.07, 6.45) is 0. The zero-order valence-corrected chi connectivity index (χ0v) is 13.1. The third kappa shape index (κ3) is 5.03. The topological polar surface area (TPSA) is 92.4 Å². The Hall–Kier alpha value is -0.660. The molecule has 1 unspecified atom stereocenters. The summed E-state index contributed by atoms with van der Waals surface area (Å²) in [4.78, 5) is 22.4. The summed E-state index contributed by atoms with van der Waals surface area (Å²) in [7, 11) is 0. The summed E-state index contributed by atoms with van der Waals surface area (Å²) in [5, 5.41) is 11.5. The Morgan fingerprint density at radius 1 is 1.30 bits per heavy atom. The average molecular weight is 358 g/mol. The van der Waals surface area contributed by atoms with Crippen LogP contribution in [0.4, 0.5) is 0 Å². The number of halogens is 3. The molecule has 0 aliphatic heterocycles. The number of hydrogen-bond donors (Lipinski definition) is 3. The van der Waals surface area contributed by atoms with Gasteiger partial charge in [-0.3, -0.25) is 9.59 Å². The summed E-state index contributed by atoms with van der Waals surface area (Å²) in [5.74, 6) is -1.45. The maximum atomic E-state index is 11.5. The lowest BCUT2D eigenvalue weighted by Crippen LogP contribution is -2.44. The first-order chi connectivity index (χ1) is 9.32. The molecular formula is C11H11Cl3N2O3S. The van der Waals surface area contributed by atoms with Gasteiger partial charge in [0.2, 0.25) is 5.91 Å². The van der Waals surface area contributed by atoms with Gasteiger partial charge in [-0.05, 0) is 12.1 Å². The Bertz CT molecular complexity index is 528. The Labute approximate surface area is 134 Å². The molecule has 4 N–H and O–H groups in total. The fourth-order valence-corrected chi connectivity index (χ4v) is 2.83. The van der Waals surface area contributed by atoms with Gasteiger partial charge in [-0.15, -0.1) is 11.8 Å². The summed E-state index contributed by atoms with van der Waals surface area (Å²) in [6.45, 7) is -0.468. The lowest BCUT2D eigenvalue weighted by molar-refractivity contribution is -0.138. The van der Waals surface area contributed by atoms with E-state index in [1.165, 1.54) is 11.8 Å². The monoisotopic (exact) mass is 356 g/mol. The fraction of sp³-hybridized carbons (Fsp3) is 0.273. The average Bonchev–Trinajstić information content (AvgIpc) is 2.41. The summed E-state index contributed by atoms with van der Waals surface area (Å²) in [6, 6.07) is 2.40. The molecule has 0 spiro atoms. The van der Waals surface area contributed by atoms with E-state index >= 15 is 0 Å². The minimum atomic E-state index is -1.13. The molecule has 0 aliphatic carbocycles. The van der Waals surface area contributed by atoms with E-state index in [4.69, 9.17) is 45.6 Å². The van der Waals surface area contributed by atoms with Gasteiger partial charge in [0.25, 0.3) is 0 Å². The van der Waals surface area contributed by atoms with Crippen molar-refractivity contribution in [2.45, 2.75) is 10.9 Å². The quantitative estimate of drug-likeness (QED) is 0.536. The second-order valence-electron chi connectivity index (χ2n) is 3.70. The number of carbonyl (C=O) groups is 2. The van der Waals surface area contributed by atoms with Crippen LogP contribution in [0.2, 0.25) is 15.1 Å². The van der Waals surface area contributed by atoms with Crippen LogP contribution in [0.25, 0.3) is 0 Å². The number of benzene rings is 1. The van der Waals surface area contributed by atoms with Crippen molar-refractivity contribution in [3.63, 3.8) is 0 Å². The van der Waals surface area contributed by atoms with E-state index in [-0.39, 0.29) is 10.8 Å². The minimum Gasteiger partial charge on any atom is -0.480 e. The number of carboxylic acid groups (broad SMARTS) is 1. The number of nitrogens with two attached hydrogens (primary N) is 1. The van der Waals surface area contributed by atoms with Crippen molar-refractivity contribution in [1.82, 2.24) is 5.32 Å². The predicted octanol–water partition coefficient (Wildman–Crippen LogP) is 2.27. The van der Waals surface area contributed by atoms with Crippen LogP contribution in [0.1, 0.15) is 0 Å². The highest BCUT2D eigenvalue weighted by Crippen LogP contribution is 2.37. The van der Waals surface area contributed by atoms with E-state index in [1.54, 1.807) is 12.1 Å². The Balaban J connectivity index is 2.57. The molecule has 1 aromatic carbocycles. The minimum absolute atomic E-state index is 0.225. The highest BCUT2D eigenvalue weighted by Gasteiger charge is 2.16. The van der Waals surface area contributed by atoms with Crippen molar-refractivity contribution in [3.8, 4) is 0 Å². The van der Waals surface area contributed by atoms with E-state index in [9.17, 15) is 9.59 Å². The lowest BCUT2D eigenvalue weighted by atomic mass is 10.3. The van der Waals surface area contributed by atoms with Gasteiger partial charge in [0.1, 0.15) is 6.54 Å². The van der Waals surface area contributed by atoms with Crippen LogP contribution in [-0.2, 0) is 9.59 Å². The van der Waals surface area contributed by atoms with Gasteiger partial charge in [-0.1, -0.05) is 34.8 Å². The first-order valence-corrected chi connectivity index (χ1v) is 7.46. The number of rotatable bonds is 6. The van der Waals surface area contributed by atoms with Crippen LogP contribution in [0.15, 0.2) is 17.0 Å². The van der Waals surface area contributed by atoms with Crippen molar-refractivity contribution in [2.24, 2.45) is 5.73 Å². The van der Waals surface area contributed by atoms with Crippen LogP contribution in [0.5, 0.6) is 0 Å². The first-order valence-electron chi connectivity index (χ1n) is 5.34. The van der Waals surface area contributed by atoms with Gasteiger partial charge in [-0.2, -0.15) is 0 Å². The number of thioether (sulfide) groups is 1. The third-order valence-corrected chi connectivity index (χ3v) is 4.75. The van der Waals surface area contributed by atoms with E-state index in [1.807, 2.05) is 0 Å². The number of aliphatic carboxylic acids is 1. The molecule has 0 heterocycles. The smallest absolute Gasteiger partial charge is 0.322 e. The van der Waals surface area contributed by atoms with Gasteiger partial charge in [0.15, 0.2) is 0 Å². The molecule has 1 atom stereocenters. The van der Waals surface area contributed by atoms with Crippen LogP contribution in [-0.4, -0.2) is 35.3 Å². The molecule has 0 saturated carbocycles. The maximum absolute atomic E-state index is 11.5. The molecule has 0 radical (unpaired) electrons. The second-order valence-corrected chi connectivity index (χ2v) is 5.93. The largest absolute Gasteiger partial charge is 0.480 e. The van der Waals surface area contributed by atoms with E-state index in [0.717, 1.165) is 0 Å². The number of carbonyl (C=O) groups excluding carboxylic acids is 1. The zero-order valence-electron chi connectivity index (χ0n) is 10.0. The van der Waals surface area contributed by atoms with Crippen LogP contribution in [0, 0.1) is 0 Å². The van der Waals surface area contributed by atoms with Crippen molar-refractivity contribution >= 4 is 58.4 Å². The number of carboxylic acids is 1. The van der Waals surface area contributed by atoms with Crippen LogP contribution < -0.4 is 11.1 Å². The number of nitrogens with one attached hydrogen (secondary N) is 1. The van der Waals surface area contributed by atoms with Crippen LogP contribution >= 0.6 is 46.6 Å². The highest BCUT2D eigenvalue weighted by atomic mass is 35.5. The zero-order chi connectivity index (χ0) is 15.3.